The van der Waals surface area contributed by atoms with Crippen LogP contribution in [-0.2, 0) is 20.0 Å². The summed E-state index contributed by atoms with van der Waals surface area (Å²) in [7, 11) is -6.90. The molecular formula is C11H16ClN3O4S2. The first-order chi connectivity index (χ1) is 9.68. The summed E-state index contributed by atoms with van der Waals surface area (Å²) < 4.78 is 51.1. The van der Waals surface area contributed by atoms with E-state index < -0.39 is 20.0 Å². The molecule has 0 amide bonds. The molecule has 1 fully saturated rings. The molecule has 0 spiro atoms. The molecule has 2 rings (SSSR count). The maximum atomic E-state index is 12.2. The third-order valence-corrected chi connectivity index (χ3v) is 6.28. The Bertz CT molecular complexity index is 713. The van der Waals surface area contributed by atoms with E-state index in [9.17, 15) is 16.8 Å². The highest BCUT2D eigenvalue weighted by atomic mass is 35.5. The Morgan fingerprint density at radius 2 is 1.90 bits per heavy atom. The number of nitrogens with one attached hydrogen (secondary N) is 1. The van der Waals surface area contributed by atoms with Crippen LogP contribution < -0.4 is 4.72 Å². The van der Waals surface area contributed by atoms with Crippen molar-refractivity contribution in [3.8, 4) is 0 Å². The molecule has 21 heavy (non-hydrogen) atoms. The quantitative estimate of drug-likeness (QED) is 0.792. The van der Waals surface area contributed by atoms with E-state index >= 15 is 0 Å². The minimum atomic E-state index is -3.68. The van der Waals surface area contributed by atoms with Gasteiger partial charge in [0.1, 0.15) is 5.15 Å². The monoisotopic (exact) mass is 353 g/mol. The molecule has 1 saturated heterocycles. The highest BCUT2D eigenvalue weighted by Crippen LogP contribution is 2.17. The summed E-state index contributed by atoms with van der Waals surface area (Å²) in [6.45, 7) is 0.617. The molecule has 0 radical (unpaired) electrons. The fourth-order valence-corrected chi connectivity index (χ4v) is 4.57. The number of hydrogen-bond donors (Lipinski definition) is 1. The highest BCUT2D eigenvalue weighted by molar-refractivity contribution is 7.89. The number of aromatic nitrogens is 1. The van der Waals surface area contributed by atoms with E-state index in [1.807, 2.05) is 0 Å². The molecule has 1 aliphatic rings. The Hall–Kier alpha value is -0.740. The van der Waals surface area contributed by atoms with E-state index in [0.717, 1.165) is 6.26 Å². The van der Waals surface area contributed by atoms with Crippen LogP contribution in [0.15, 0.2) is 23.2 Å². The number of sulfonamides is 2. The first-order valence-corrected chi connectivity index (χ1v) is 9.98. The number of pyridine rings is 1. The summed E-state index contributed by atoms with van der Waals surface area (Å²) in [5.41, 5.74) is 0. The van der Waals surface area contributed by atoms with E-state index in [0.29, 0.717) is 25.9 Å². The lowest BCUT2D eigenvalue weighted by Crippen LogP contribution is -2.46. The predicted octanol–water partition coefficient (Wildman–Crippen LogP) is 0.437. The standard InChI is InChI=1S/C11H16ClN3O4S2/c1-20(16,17)15-6-3-9(4-7-15)14-21(18,19)10-2-5-13-11(12)8-10/h2,5,8-9,14H,3-4,6-7H2,1H3. The third-order valence-electron chi connectivity index (χ3n) is 3.25. The summed E-state index contributed by atoms with van der Waals surface area (Å²) in [4.78, 5) is 3.79. The Morgan fingerprint density at radius 3 is 2.43 bits per heavy atom. The average Bonchev–Trinajstić information content (AvgIpc) is 2.38. The fourth-order valence-electron chi connectivity index (χ4n) is 2.14. The molecule has 1 aromatic heterocycles. The molecule has 1 aromatic rings. The van der Waals surface area contributed by atoms with Crippen molar-refractivity contribution in [2.45, 2.75) is 23.8 Å². The summed E-state index contributed by atoms with van der Waals surface area (Å²) >= 11 is 5.69. The summed E-state index contributed by atoms with van der Waals surface area (Å²) in [6, 6.07) is 2.34. The highest BCUT2D eigenvalue weighted by Gasteiger charge is 2.28. The van der Waals surface area contributed by atoms with Crippen LogP contribution in [-0.4, -0.2) is 51.5 Å². The number of halogens is 1. The van der Waals surface area contributed by atoms with Gasteiger partial charge in [-0.25, -0.2) is 30.8 Å². The topological polar surface area (TPSA) is 96.4 Å². The molecule has 10 heteroatoms. The second kappa shape index (κ2) is 6.17. The van der Waals surface area contributed by atoms with E-state index in [2.05, 4.69) is 9.71 Å². The average molecular weight is 354 g/mol. The predicted molar refractivity (Wildman–Crippen MR) is 79.0 cm³/mol. The molecule has 0 atom stereocenters. The molecule has 1 aliphatic heterocycles. The van der Waals surface area contributed by atoms with Gasteiger partial charge in [-0.15, -0.1) is 0 Å². The molecule has 1 N–H and O–H groups in total. The van der Waals surface area contributed by atoms with Gasteiger partial charge >= 0.3 is 0 Å². The maximum Gasteiger partial charge on any atom is 0.240 e. The van der Waals surface area contributed by atoms with Crippen molar-refractivity contribution in [1.82, 2.24) is 14.0 Å². The van der Waals surface area contributed by atoms with Crippen molar-refractivity contribution in [1.29, 1.82) is 0 Å². The zero-order valence-electron chi connectivity index (χ0n) is 11.4. The van der Waals surface area contributed by atoms with Crippen molar-refractivity contribution in [2.75, 3.05) is 19.3 Å². The first-order valence-electron chi connectivity index (χ1n) is 6.27. The Labute approximate surface area is 129 Å². The Morgan fingerprint density at radius 1 is 1.29 bits per heavy atom. The number of rotatable bonds is 4. The SMILES string of the molecule is CS(=O)(=O)N1CCC(NS(=O)(=O)c2ccnc(Cl)c2)CC1. The van der Waals surface area contributed by atoms with Crippen LogP contribution in [0.25, 0.3) is 0 Å². The molecule has 0 aromatic carbocycles. The zero-order chi connectivity index (χ0) is 15.7. The zero-order valence-corrected chi connectivity index (χ0v) is 13.7. The van der Waals surface area contributed by atoms with E-state index in [1.54, 1.807) is 0 Å². The molecule has 0 saturated carbocycles. The van der Waals surface area contributed by atoms with Gasteiger partial charge < -0.3 is 0 Å². The van der Waals surface area contributed by atoms with Crippen LogP contribution in [0.3, 0.4) is 0 Å². The van der Waals surface area contributed by atoms with Crippen molar-refractivity contribution in [3.63, 3.8) is 0 Å². The summed E-state index contributed by atoms with van der Waals surface area (Å²) in [5.74, 6) is 0. The van der Waals surface area contributed by atoms with Gasteiger partial charge in [0.05, 0.1) is 11.2 Å². The minimum Gasteiger partial charge on any atom is -0.244 e. The van der Waals surface area contributed by atoms with E-state index in [1.165, 1.54) is 22.6 Å². The van der Waals surface area contributed by atoms with Crippen LogP contribution in [0.4, 0.5) is 0 Å². The van der Waals surface area contributed by atoms with Gasteiger partial charge in [-0.1, -0.05) is 11.6 Å². The van der Waals surface area contributed by atoms with Gasteiger partial charge in [-0.3, -0.25) is 0 Å². The first kappa shape index (κ1) is 16.6. The van der Waals surface area contributed by atoms with Crippen LogP contribution in [0.1, 0.15) is 12.8 Å². The van der Waals surface area contributed by atoms with Crippen LogP contribution in [0.2, 0.25) is 5.15 Å². The normalized spacial score (nSPS) is 18.8. The minimum absolute atomic E-state index is 0.0491. The van der Waals surface area contributed by atoms with E-state index in [4.69, 9.17) is 11.6 Å². The van der Waals surface area contributed by atoms with Crippen LogP contribution in [0, 0.1) is 0 Å². The van der Waals surface area contributed by atoms with Gasteiger partial charge in [-0.05, 0) is 25.0 Å². The molecule has 2 heterocycles. The molecule has 0 aliphatic carbocycles. The summed E-state index contributed by atoms with van der Waals surface area (Å²) in [5, 5.41) is 0.102. The maximum absolute atomic E-state index is 12.2. The number of piperidine rings is 1. The lowest BCUT2D eigenvalue weighted by atomic mass is 10.1. The second-order valence-corrected chi connectivity index (χ2v) is 8.96. The van der Waals surface area contributed by atoms with Crippen molar-refractivity contribution < 1.29 is 16.8 Å². The summed E-state index contributed by atoms with van der Waals surface area (Å²) in [6.07, 6.45) is 3.34. The van der Waals surface area contributed by atoms with Gasteiger partial charge in [-0.2, -0.15) is 0 Å². The molecular weight excluding hydrogens is 338 g/mol. The van der Waals surface area contributed by atoms with Gasteiger partial charge in [0, 0.05) is 25.3 Å². The molecule has 118 valence electrons. The smallest absolute Gasteiger partial charge is 0.240 e. The second-order valence-electron chi connectivity index (χ2n) is 4.87. The Balaban J connectivity index is 2.03. The van der Waals surface area contributed by atoms with E-state index in [-0.39, 0.29) is 16.1 Å². The largest absolute Gasteiger partial charge is 0.244 e. The van der Waals surface area contributed by atoms with Gasteiger partial charge in [0.25, 0.3) is 0 Å². The molecule has 7 nitrogen and oxygen atoms in total. The number of nitrogens with zero attached hydrogens (tertiary/aromatic N) is 2. The van der Waals surface area contributed by atoms with Gasteiger partial charge in [0.2, 0.25) is 20.0 Å². The lowest BCUT2D eigenvalue weighted by molar-refractivity contribution is 0.310. The fraction of sp³-hybridized carbons (Fsp3) is 0.545. The molecule has 0 bridgehead atoms. The third kappa shape index (κ3) is 4.36. The number of hydrogen-bond acceptors (Lipinski definition) is 5. The van der Waals surface area contributed by atoms with Crippen molar-refractivity contribution in [2.24, 2.45) is 0 Å². The van der Waals surface area contributed by atoms with Crippen LogP contribution in [0.5, 0.6) is 0 Å². The molecule has 0 unspecified atom stereocenters. The Kier molecular flexibility index (Phi) is 4.89. The van der Waals surface area contributed by atoms with Crippen molar-refractivity contribution in [3.05, 3.63) is 23.5 Å². The van der Waals surface area contributed by atoms with Crippen LogP contribution >= 0.6 is 11.6 Å². The van der Waals surface area contributed by atoms with Crippen molar-refractivity contribution >= 4 is 31.6 Å². The lowest BCUT2D eigenvalue weighted by Gasteiger charge is -2.30. The van der Waals surface area contributed by atoms with Gasteiger partial charge in [0.15, 0.2) is 0 Å².